The first-order chi connectivity index (χ1) is 16.1. The lowest BCUT2D eigenvalue weighted by atomic mass is 10.1. The van der Waals surface area contributed by atoms with Crippen LogP contribution in [0.5, 0.6) is 5.75 Å². The largest absolute Gasteiger partial charge is 0.497 e. The van der Waals surface area contributed by atoms with Gasteiger partial charge in [0.1, 0.15) is 11.3 Å². The number of carbonyl (C=O) groups is 1. The summed E-state index contributed by atoms with van der Waals surface area (Å²) in [6.45, 7) is 0.446. The van der Waals surface area contributed by atoms with Crippen LogP contribution in [0.1, 0.15) is 5.56 Å². The molecule has 0 saturated heterocycles. The lowest BCUT2D eigenvalue weighted by Crippen LogP contribution is -2.24. The number of aromatic nitrogens is 5. The second kappa shape index (κ2) is 9.13. The summed E-state index contributed by atoms with van der Waals surface area (Å²) in [6, 6.07) is 17.1. The van der Waals surface area contributed by atoms with Gasteiger partial charge in [0.15, 0.2) is 10.8 Å². The Labute approximate surface area is 198 Å². The third kappa shape index (κ3) is 4.50. The summed E-state index contributed by atoms with van der Waals surface area (Å²) in [5.74, 6) is 0.941. The zero-order chi connectivity index (χ0) is 22.8. The van der Waals surface area contributed by atoms with E-state index in [1.165, 1.54) is 11.8 Å². The number of amides is 1. The van der Waals surface area contributed by atoms with Gasteiger partial charge in [-0.05, 0) is 48.0 Å². The molecule has 3 heterocycles. The van der Waals surface area contributed by atoms with Gasteiger partial charge in [-0.2, -0.15) is 5.10 Å². The number of thioether (sulfide) groups is 1. The molecule has 2 aromatic carbocycles. The van der Waals surface area contributed by atoms with Crippen LogP contribution in [0.3, 0.4) is 0 Å². The van der Waals surface area contributed by atoms with Crippen molar-refractivity contribution in [3.63, 3.8) is 0 Å². The Kier molecular flexibility index (Phi) is 5.89. The average Bonchev–Trinajstić information content (AvgIpc) is 3.46. The van der Waals surface area contributed by atoms with E-state index in [1.807, 2.05) is 59.3 Å². The Morgan fingerprint density at radius 3 is 2.64 bits per heavy atom. The first-order valence-corrected chi connectivity index (χ1v) is 11.5. The minimum Gasteiger partial charge on any atom is -0.497 e. The lowest BCUT2D eigenvalue weighted by Gasteiger charge is -2.05. The van der Waals surface area contributed by atoms with Crippen molar-refractivity contribution in [2.45, 2.75) is 11.7 Å². The third-order valence-electron chi connectivity index (χ3n) is 5.11. The van der Waals surface area contributed by atoms with Gasteiger partial charge in [-0.3, -0.25) is 9.20 Å². The highest BCUT2D eigenvalue weighted by Gasteiger charge is 2.14. The molecule has 0 aliphatic carbocycles. The van der Waals surface area contributed by atoms with Crippen LogP contribution in [0.15, 0.2) is 72.1 Å². The Bertz CT molecular complexity index is 1430. The highest BCUT2D eigenvalue weighted by Crippen LogP contribution is 2.25. The van der Waals surface area contributed by atoms with Gasteiger partial charge in [0.05, 0.1) is 18.6 Å². The molecule has 166 valence electrons. The zero-order valence-electron chi connectivity index (χ0n) is 17.6. The normalized spacial score (nSPS) is 11.2. The van der Waals surface area contributed by atoms with Crippen molar-refractivity contribution in [2.75, 3.05) is 12.9 Å². The van der Waals surface area contributed by atoms with E-state index in [4.69, 9.17) is 16.3 Å². The molecular formula is C23H19ClN6O2S. The number of methoxy groups -OCH3 is 1. The first kappa shape index (κ1) is 21.3. The molecule has 0 bridgehead atoms. The van der Waals surface area contributed by atoms with Crippen LogP contribution in [0.2, 0.25) is 5.02 Å². The number of hydrogen-bond donors (Lipinski definition) is 1. The standard InChI is InChI=1S/C23H19ClN6O2S/c1-32-18-8-4-16(5-9-18)19-12-20-22-26-27-23(29(22)10-11-30(20)28-19)33-14-21(31)25-13-15-2-6-17(24)7-3-15/h2-12H,13-14H2,1H3,(H,25,31). The maximum absolute atomic E-state index is 12.3. The van der Waals surface area contributed by atoms with Crippen LogP contribution < -0.4 is 10.1 Å². The van der Waals surface area contributed by atoms with Gasteiger partial charge in [0.2, 0.25) is 5.91 Å². The molecule has 1 N–H and O–H groups in total. The van der Waals surface area contributed by atoms with Crippen molar-refractivity contribution >= 4 is 40.4 Å². The number of hydrogen-bond acceptors (Lipinski definition) is 6. The number of halogens is 1. The molecule has 0 aliphatic rings. The highest BCUT2D eigenvalue weighted by molar-refractivity contribution is 7.99. The summed E-state index contributed by atoms with van der Waals surface area (Å²) in [7, 11) is 1.64. The third-order valence-corrected chi connectivity index (χ3v) is 6.30. The number of nitrogens with one attached hydrogen (secondary N) is 1. The Morgan fingerprint density at radius 2 is 1.88 bits per heavy atom. The van der Waals surface area contributed by atoms with Gasteiger partial charge >= 0.3 is 0 Å². The van der Waals surface area contributed by atoms with Crippen molar-refractivity contribution in [3.8, 4) is 17.0 Å². The fourth-order valence-electron chi connectivity index (χ4n) is 3.38. The van der Waals surface area contributed by atoms with Crippen LogP contribution in [-0.4, -0.2) is 43.0 Å². The second-order valence-corrected chi connectivity index (χ2v) is 8.63. The molecule has 0 aliphatic heterocycles. The van der Waals surface area contributed by atoms with E-state index in [9.17, 15) is 4.79 Å². The molecule has 0 atom stereocenters. The highest BCUT2D eigenvalue weighted by atomic mass is 35.5. The minimum atomic E-state index is -0.0843. The smallest absolute Gasteiger partial charge is 0.230 e. The van der Waals surface area contributed by atoms with Crippen LogP contribution in [-0.2, 0) is 11.3 Å². The van der Waals surface area contributed by atoms with E-state index >= 15 is 0 Å². The van der Waals surface area contributed by atoms with Crippen molar-refractivity contribution in [1.29, 1.82) is 0 Å². The molecule has 5 aromatic rings. The number of fused-ring (bicyclic) bond motifs is 3. The average molecular weight is 479 g/mol. The van der Waals surface area contributed by atoms with Gasteiger partial charge in [0.25, 0.3) is 0 Å². The molecule has 0 spiro atoms. The monoisotopic (exact) mass is 478 g/mol. The van der Waals surface area contributed by atoms with Gasteiger partial charge in [-0.25, -0.2) is 4.52 Å². The number of ether oxygens (including phenoxy) is 1. The molecule has 33 heavy (non-hydrogen) atoms. The van der Waals surface area contributed by atoms with Gasteiger partial charge in [-0.15, -0.1) is 10.2 Å². The van der Waals surface area contributed by atoms with Crippen molar-refractivity contribution < 1.29 is 9.53 Å². The molecule has 0 radical (unpaired) electrons. The quantitative estimate of drug-likeness (QED) is 0.354. The first-order valence-electron chi connectivity index (χ1n) is 10.1. The van der Waals surface area contributed by atoms with Gasteiger partial charge in [-0.1, -0.05) is 35.5 Å². The Hall–Kier alpha value is -3.56. The summed E-state index contributed by atoms with van der Waals surface area (Å²) in [5, 5.41) is 17.5. The summed E-state index contributed by atoms with van der Waals surface area (Å²) in [5.41, 5.74) is 4.29. The fraction of sp³-hybridized carbons (Fsp3) is 0.130. The molecule has 3 aromatic heterocycles. The molecule has 1 amide bonds. The number of benzene rings is 2. The van der Waals surface area contributed by atoms with Crippen molar-refractivity contribution in [2.24, 2.45) is 0 Å². The van der Waals surface area contributed by atoms with Crippen LogP contribution in [0.25, 0.3) is 22.4 Å². The summed E-state index contributed by atoms with van der Waals surface area (Å²) in [4.78, 5) is 12.3. The molecule has 5 rings (SSSR count). The molecule has 0 saturated carbocycles. The predicted octanol–water partition coefficient (Wildman–Crippen LogP) is 4.11. The van der Waals surface area contributed by atoms with E-state index in [0.29, 0.717) is 22.4 Å². The van der Waals surface area contributed by atoms with Crippen LogP contribution in [0.4, 0.5) is 0 Å². The number of nitrogens with zero attached hydrogens (tertiary/aromatic N) is 5. The SMILES string of the molecule is COc1ccc(-c2cc3c4nnc(SCC(=O)NCc5ccc(Cl)cc5)n4ccn3n2)cc1. The van der Waals surface area contributed by atoms with Crippen molar-refractivity contribution in [3.05, 3.63) is 77.6 Å². The topological polar surface area (TPSA) is 85.8 Å². The lowest BCUT2D eigenvalue weighted by molar-refractivity contribution is -0.118. The summed E-state index contributed by atoms with van der Waals surface area (Å²) in [6.07, 6.45) is 3.70. The minimum absolute atomic E-state index is 0.0843. The predicted molar refractivity (Wildman–Crippen MR) is 128 cm³/mol. The van der Waals surface area contributed by atoms with Crippen LogP contribution in [0, 0.1) is 0 Å². The van der Waals surface area contributed by atoms with E-state index in [2.05, 4.69) is 20.6 Å². The van der Waals surface area contributed by atoms with Gasteiger partial charge in [0, 0.05) is 29.5 Å². The van der Waals surface area contributed by atoms with Crippen molar-refractivity contribution in [1.82, 2.24) is 29.5 Å². The molecule has 0 unspecified atom stereocenters. The Balaban J connectivity index is 1.30. The molecular weight excluding hydrogens is 460 g/mol. The molecule has 0 fully saturated rings. The van der Waals surface area contributed by atoms with Crippen LogP contribution >= 0.6 is 23.4 Å². The van der Waals surface area contributed by atoms with E-state index in [0.717, 1.165) is 28.1 Å². The Morgan fingerprint density at radius 1 is 1.09 bits per heavy atom. The maximum Gasteiger partial charge on any atom is 0.230 e. The maximum atomic E-state index is 12.3. The van der Waals surface area contributed by atoms with Gasteiger partial charge < -0.3 is 10.1 Å². The molecule has 8 nitrogen and oxygen atoms in total. The fourth-order valence-corrected chi connectivity index (χ4v) is 4.25. The summed E-state index contributed by atoms with van der Waals surface area (Å²) >= 11 is 7.22. The zero-order valence-corrected chi connectivity index (χ0v) is 19.2. The van der Waals surface area contributed by atoms with E-state index in [-0.39, 0.29) is 11.7 Å². The number of carbonyl (C=O) groups excluding carboxylic acids is 1. The molecule has 10 heteroatoms. The summed E-state index contributed by atoms with van der Waals surface area (Å²) < 4.78 is 8.87. The number of rotatable bonds is 7. The van der Waals surface area contributed by atoms with E-state index < -0.39 is 0 Å². The second-order valence-electron chi connectivity index (χ2n) is 7.25. The van der Waals surface area contributed by atoms with E-state index in [1.54, 1.807) is 23.8 Å².